The molecule has 0 nitrogen and oxygen atoms in total. The third kappa shape index (κ3) is 5.05. The molecule has 0 amide bonds. The van der Waals surface area contributed by atoms with Crippen LogP contribution in [0.3, 0.4) is 0 Å². The molecule has 0 aliphatic carbocycles. The molecule has 0 saturated carbocycles. The summed E-state index contributed by atoms with van der Waals surface area (Å²) in [6.45, 7) is 2.18. The number of benzene rings is 1. The molecular weight excluding hydrogens is 239 g/mol. The first-order valence-corrected chi connectivity index (χ1v) is 6.56. The van der Waals surface area contributed by atoms with Gasteiger partial charge in [0.05, 0.1) is 0 Å². The Balaban J connectivity index is 2.48. The van der Waals surface area contributed by atoms with Gasteiger partial charge in [-0.3, -0.25) is 0 Å². The van der Waals surface area contributed by atoms with E-state index in [0.717, 1.165) is 25.7 Å². The normalized spacial score (nSPS) is 10.2. The van der Waals surface area contributed by atoms with Gasteiger partial charge < -0.3 is 0 Å². The summed E-state index contributed by atoms with van der Waals surface area (Å²) in [5.41, 5.74) is 2.53. The van der Waals surface area contributed by atoms with Crippen LogP contribution in [-0.4, -0.2) is 0 Å². The highest BCUT2D eigenvalue weighted by atomic mass is 35.5. The van der Waals surface area contributed by atoms with E-state index in [4.69, 9.17) is 23.2 Å². The number of unbranched alkanes of at least 4 members (excludes halogenated alkanes) is 1. The molecular formula is C14H18Cl2. The summed E-state index contributed by atoms with van der Waals surface area (Å²) in [4.78, 5) is 0. The van der Waals surface area contributed by atoms with E-state index in [1.54, 1.807) is 0 Å². The van der Waals surface area contributed by atoms with Gasteiger partial charge in [-0.15, -0.1) is 0 Å². The molecule has 0 atom stereocenters. The molecule has 0 N–H and O–H groups in total. The van der Waals surface area contributed by atoms with Crippen LogP contribution in [-0.2, 0) is 6.42 Å². The highest BCUT2D eigenvalue weighted by Gasteiger charge is 2.03. The summed E-state index contributed by atoms with van der Waals surface area (Å²) in [6, 6.07) is 10.4. The van der Waals surface area contributed by atoms with Crippen molar-refractivity contribution in [1.82, 2.24) is 0 Å². The Morgan fingerprint density at radius 2 is 1.75 bits per heavy atom. The molecule has 0 saturated heterocycles. The second kappa shape index (κ2) is 7.76. The second-order valence-corrected chi connectivity index (χ2v) is 4.90. The largest absolute Gasteiger partial charge is 0.106 e. The summed E-state index contributed by atoms with van der Waals surface area (Å²) in [5.74, 6) is 0. The van der Waals surface area contributed by atoms with Crippen LogP contribution in [0.1, 0.15) is 38.2 Å². The van der Waals surface area contributed by atoms with Gasteiger partial charge in [0.15, 0.2) is 0 Å². The van der Waals surface area contributed by atoms with E-state index in [1.165, 1.54) is 17.6 Å². The molecule has 0 fully saturated rings. The molecule has 88 valence electrons. The molecule has 0 heterocycles. The molecule has 0 aliphatic heterocycles. The lowest BCUT2D eigenvalue weighted by Crippen LogP contribution is -1.91. The van der Waals surface area contributed by atoms with E-state index in [1.807, 2.05) is 6.07 Å². The first-order valence-electron chi connectivity index (χ1n) is 5.81. The molecule has 0 radical (unpaired) electrons. The lowest BCUT2D eigenvalue weighted by atomic mass is 10.0. The van der Waals surface area contributed by atoms with Crippen LogP contribution in [0.4, 0.5) is 0 Å². The monoisotopic (exact) mass is 256 g/mol. The number of halogens is 2. The SMILES string of the molecule is CCCCC(CCc1ccccc1)=C(Cl)Cl. The molecule has 1 aromatic carbocycles. The van der Waals surface area contributed by atoms with E-state index >= 15 is 0 Å². The topological polar surface area (TPSA) is 0 Å². The quantitative estimate of drug-likeness (QED) is 0.631. The van der Waals surface area contributed by atoms with Gasteiger partial charge >= 0.3 is 0 Å². The van der Waals surface area contributed by atoms with Gasteiger partial charge in [-0.1, -0.05) is 66.9 Å². The van der Waals surface area contributed by atoms with Crippen LogP contribution in [0, 0.1) is 0 Å². The summed E-state index contributed by atoms with van der Waals surface area (Å²) in [7, 11) is 0. The van der Waals surface area contributed by atoms with Crippen LogP contribution in [0.15, 0.2) is 40.4 Å². The first-order chi connectivity index (χ1) is 7.74. The van der Waals surface area contributed by atoms with Crippen molar-refractivity contribution in [3.8, 4) is 0 Å². The first kappa shape index (κ1) is 13.6. The maximum Gasteiger partial charge on any atom is 0.106 e. The van der Waals surface area contributed by atoms with Crippen LogP contribution < -0.4 is 0 Å². The predicted octanol–water partition coefficient (Wildman–Crippen LogP) is 5.50. The molecule has 1 rings (SSSR count). The Bertz CT molecular complexity index is 324. The fraction of sp³-hybridized carbons (Fsp3) is 0.429. The molecule has 1 aromatic rings. The van der Waals surface area contributed by atoms with Crippen LogP contribution in [0.5, 0.6) is 0 Å². The number of rotatable bonds is 6. The maximum absolute atomic E-state index is 5.89. The minimum absolute atomic E-state index is 0.462. The highest BCUT2D eigenvalue weighted by Crippen LogP contribution is 2.24. The average molecular weight is 257 g/mol. The van der Waals surface area contributed by atoms with Gasteiger partial charge in [0, 0.05) is 0 Å². The zero-order valence-electron chi connectivity index (χ0n) is 9.68. The highest BCUT2D eigenvalue weighted by molar-refractivity contribution is 6.56. The van der Waals surface area contributed by atoms with E-state index in [2.05, 4.69) is 31.2 Å². The molecule has 2 heteroatoms. The molecule has 16 heavy (non-hydrogen) atoms. The van der Waals surface area contributed by atoms with E-state index in [0.29, 0.717) is 4.49 Å². The molecule has 0 aromatic heterocycles. The fourth-order valence-corrected chi connectivity index (χ4v) is 2.02. The third-order valence-corrected chi connectivity index (χ3v) is 3.19. The lowest BCUT2D eigenvalue weighted by molar-refractivity contribution is 0.750. The number of aryl methyl sites for hydroxylation is 1. The summed E-state index contributed by atoms with van der Waals surface area (Å²) in [6.07, 6.45) is 5.34. The third-order valence-electron chi connectivity index (χ3n) is 2.66. The summed E-state index contributed by atoms with van der Waals surface area (Å²) >= 11 is 11.8. The summed E-state index contributed by atoms with van der Waals surface area (Å²) < 4.78 is 0.462. The summed E-state index contributed by atoms with van der Waals surface area (Å²) in [5, 5.41) is 0. The lowest BCUT2D eigenvalue weighted by Gasteiger charge is -2.07. The van der Waals surface area contributed by atoms with Crippen LogP contribution in [0.2, 0.25) is 0 Å². The van der Waals surface area contributed by atoms with Crippen LogP contribution >= 0.6 is 23.2 Å². The van der Waals surface area contributed by atoms with Gasteiger partial charge in [0.1, 0.15) is 4.49 Å². The van der Waals surface area contributed by atoms with Crippen molar-refractivity contribution in [2.75, 3.05) is 0 Å². The number of hydrogen-bond donors (Lipinski definition) is 0. The van der Waals surface area contributed by atoms with Crippen LogP contribution in [0.25, 0.3) is 0 Å². The van der Waals surface area contributed by atoms with E-state index in [-0.39, 0.29) is 0 Å². The van der Waals surface area contributed by atoms with Crippen molar-refractivity contribution >= 4 is 23.2 Å². The minimum Gasteiger partial charge on any atom is -0.0709 e. The average Bonchev–Trinajstić information content (AvgIpc) is 2.30. The zero-order chi connectivity index (χ0) is 11.8. The number of allylic oxidation sites excluding steroid dienone is 1. The Kier molecular flexibility index (Phi) is 6.59. The van der Waals surface area contributed by atoms with Gasteiger partial charge in [-0.25, -0.2) is 0 Å². The fourth-order valence-electron chi connectivity index (χ4n) is 1.64. The maximum atomic E-state index is 5.89. The predicted molar refractivity (Wildman–Crippen MR) is 73.0 cm³/mol. The zero-order valence-corrected chi connectivity index (χ0v) is 11.2. The second-order valence-electron chi connectivity index (χ2n) is 3.95. The number of hydrogen-bond acceptors (Lipinski definition) is 0. The molecule has 0 bridgehead atoms. The smallest absolute Gasteiger partial charge is 0.0709 e. The standard InChI is InChI=1S/C14H18Cl2/c1-2-3-9-13(14(15)16)11-10-12-7-5-4-6-8-12/h4-8H,2-3,9-11H2,1H3. The Morgan fingerprint density at radius 1 is 1.06 bits per heavy atom. The van der Waals surface area contributed by atoms with Crippen molar-refractivity contribution in [1.29, 1.82) is 0 Å². The van der Waals surface area contributed by atoms with E-state index < -0.39 is 0 Å². The van der Waals surface area contributed by atoms with Gasteiger partial charge in [0.2, 0.25) is 0 Å². The minimum atomic E-state index is 0.462. The van der Waals surface area contributed by atoms with Gasteiger partial charge in [-0.2, -0.15) is 0 Å². The van der Waals surface area contributed by atoms with Crippen molar-refractivity contribution in [2.45, 2.75) is 39.0 Å². The Morgan fingerprint density at radius 3 is 2.31 bits per heavy atom. The molecule has 0 spiro atoms. The van der Waals surface area contributed by atoms with E-state index in [9.17, 15) is 0 Å². The molecule has 0 aliphatic rings. The van der Waals surface area contributed by atoms with Crippen molar-refractivity contribution in [3.05, 3.63) is 46.0 Å². The Hall–Kier alpha value is -0.460. The molecule has 0 unspecified atom stereocenters. The van der Waals surface area contributed by atoms with Crippen molar-refractivity contribution in [3.63, 3.8) is 0 Å². The van der Waals surface area contributed by atoms with Crippen molar-refractivity contribution < 1.29 is 0 Å². The van der Waals surface area contributed by atoms with Crippen molar-refractivity contribution in [2.24, 2.45) is 0 Å². The van der Waals surface area contributed by atoms with Gasteiger partial charge in [0.25, 0.3) is 0 Å². The van der Waals surface area contributed by atoms with Gasteiger partial charge in [-0.05, 0) is 36.8 Å². The Labute approximate surface area is 108 Å².